The first-order chi connectivity index (χ1) is 9.84. The lowest BCUT2D eigenvalue weighted by Gasteiger charge is -2.21. The van der Waals surface area contributed by atoms with Crippen LogP contribution >= 0.6 is 24.0 Å². The van der Waals surface area contributed by atoms with Gasteiger partial charge in [0.15, 0.2) is 5.96 Å². The molecule has 0 aliphatic carbocycles. The fourth-order valence-electron chi connectivity index (χ4n) is 2.28. The smallest absolute Gasteiger partial charge is 0.188 e. The molecule has 1 aliphatic heterocycles. The van der Waals surface area contributed by atoms with Crippen molar-refractivity contribution in [3.05, 3.63) is 30.1 Å². The Labute approximate surface area is 143 Å². The van der Waals surface area contributed by atoms with Crippen molar-refractivity contribution in [3.8, 4) is 0 Å². The number of rotatable bonds is 6. The summed E-state index contributed by atoms with van der Waals surface area (Å²) in [6.07, 6.45) is 7.60. The van der Waals surface area contributed by atoms with Crippen molar-refractivity contribution in [3.63, 3.8) is 0 Å². The van der Waals surface area contributed by atoms with Crippen molar-refractivity contribution in [2.75, 3.05) is 19.7 Å². The quantitative estimate of drug-likeness (QED) is 0.433. The molecule has 1 fully saturated rings. The maximum atomic E-state index is 5.83. The third-order valence-corrected chi connectivity index (χ3v) is 3.42. The van der Waals surface area contributed by atoms with Crippen molar-refractivity contribution < 1.29 is 4.74 Å². The van der Waals surface area contributed by atoms with Gasteiger partial charge in [-0.1, -0.05) is 6.07 Å². The number of nitrogens with one attached hydrogen (secondary N) is 1. The molecule has 0 spiro atoms. The second-order valence-electron chi connectivity index (χ2n) is 5.04. The summed E-state index contributed by atoms with van der Waals surface area (Å²) in [7, 11) is 0. The highest BCUT2D eigenvalue weighted by Crippen LogP contribution is 2.15. The summed E-state index contributed by atoms with van der Waals surface area (Å²) in [5.74, 6) is 0.511. The molecule has 0 radical (unpaired) electrons. The number of nitrogens with two attached hydrogens (primary N) is 1. The van der Waals surface area contributed by atoms with Gasteiger partial charge in [-0.2, -0.15) is 0 Å². The monoisotopic (exact) mass is 404 g/mol. The lowest BCUT2D eigenvalue weighted by Crippen LogP contribution is -2.33. The van der Waals surface area contributed by atoms with Crippen molar-refractivity contribution in [2.24, 2.45) is 10.7 Å². The van der Waals surface area contributed by atoms with Crippen LogP contribution < -0.4 is 11.1 Å². The van der Waals surface area contributed by atoms with Crippen LogP contribution in [0.25, 0.3) is 0 Å². The zero-order valence-electron chi connectivity index (χ0n) is 12.3. The van der Waals surface area contributed by atoms with Crippen LogP contribution in [0.3, 0.4) is 0 Å². The number of ether oxygens (including phenoxy) is 1. The third kappa shape index (κ3) is 7.61. The van der Waals surface area contributed by atoms with Crippen LogP contribution in [0.4, 0.5) is 0 Å². The van der Waals surface area contributed by atoms with Gasteiger partial charge in [0.2, 0.25) is 0 Å². The standard InChI is InChI=1S/C15H24N4O.HI/c16-15(18-10-7-13-5-1-3-9-17-13)19-11-8-14-6-2-4-12-20-14;/h1,3,5,9,14H,2,4,6-8,10-12H2,(H3,16,18,19);1H. The molecule has 118 valence electrons. The minimum atomic E-state index is 0. The van der Waals surface area contributed by atoms with Crippen molar-refractivity contribution in [1.82, 2.24) is 10.3 Å². The summed E-state index contributed by atoms with van der Waals surface area (Å²) in [4.78, 5) is 8.59. The molecule has 1 saturated heterocycles. The predicted octanol–water partition coefficient (Wildman–Crippen LogP) is 2.11. The van der Waals surface area contributed by atoms with Crippen LogP contribution in [0, 0.1) is 0 Å². The van der Waals surface area contributed by atoms with Crippen molar-refractivity contribution in [2.45, 2.75) is 38.2 Å². The second kappa shape index (κ2) is 10.8. The lowest BCUT2D eigenvalue weighted by molar-refractivity contribution is 0.0129. The number of halogens is 1. The van der Waals surface area contributed by atoms with E-state index in [1.54, 1.807) is 6.20 Å². The molecule has 1 atom stereocenters. The maximum Gasteiger partial charge on any atom is 0.188 e. The zero-order valence-corrected chi connectivity index (χ0v) is 14.7. The number of nitrogens with zero attached hydrogens (tertiary/aromatic N) is 2. The predicted molar refractivity (Wildman–Crippen MR) is 96.1 cm³/mol. The van der Waals surface area contributed by atoms with Gasteiger partial charge in [-0.15, -0.1) is 24.0 Å². The molecule has 1 unspecified atom stereocenters. The minimum Gasteiger partial charge on any atom is -0.378 e. The van der Waals surface area contributed by atoms with Crippen LogP contribution in [0.2, 0.25) is 0 Å². The SMILES string of the molecule is I.NC(=NCCC1CCCCO1)NCCc1ccccn1. The summed E-state index contributed by atoms with van der Waals surface area (Å²) in [6.45, 7) is 2.38. The Kier molecular flexibility index (Phi) is 9.32. The number of pyridine rings is 1. The molecule has 6 heteroatoms. The van der Waals surface area contributed by atoms with Gasteiger partial charge in [0.1, 0.15) is 0 Å². The Balaban J connectivity index is 0.00000220. The number of hydrogen-bond donors (Lipinski definition) is 2. The molecular formula is C15H25IN4O. The van der Waals surface area contributed by atoms with Crippen molar-refractivity contribution in [1.29, 1.82) is 0 Å². The van der Waals surface area contributed by atoms with Gasteiger partial charge in [-0.25, -0.2) is 0 Å². The fraction of sp³-hybridized carbons (Fsp3) is 0.600. The molecular weight excluding hydrogens is 379 g/mol. The maximum absolute atomic E-state index is 5.83. The second-order valence-corrected chi connectivity index (χ2v) is 5.04. The van der Waals surface area contributed by atoms with E-state index in [-0.39, 0.29) is 24.0 Å². The average Bonchev–Trinajstić information content (AvgIpc) is 2.49. The molecule has 1 aromatic rings. The Morgan fingerprint density at radius 2 is 2.33 bits per heavy atom. The van der Waals surface area contributed by atoms with Gasteiger partial charge in [-0.05, 0) is 37.8 Å². The summed E-state index contributed by atoms with van der Waals surface area (Å²) >= 11 is 0. The van der Waals surface area contributed by atoms with E-state index in [9.17, 15) is 0 Å². The molecule has 0 aromatic carbocycles. The van der Waals surface area contributed by atoms with Crippen LogP contribution in [0.5, 0.6) is 0 Å². The van der Waals surface area contributed by atoms with Gasteiger partial charge in [0.25, 0.3) is 0 Å². The summed E-state index contributed by atoms with van der Waals surface area (Å²) in [5, 5.41) is 3.12. The molecule has 21 heavy (non-hydrogen) atoms. The molecule has 2 rings (SSSR count). The first kappa shape index (κ1) is 18.2. The van der Waals surface area contributed by atoms with E-state index in [1.807, 2.05) is 18.2 Å². The molecule has 1 aromatic heterocycles. The first-order valence-corrected chi connectivity index (χ1v) is 7.40. The molecule has 1 aliphatic rings. The third-order valence-electron chi connectivity index (χ3n) is 3.42. The van der Waals surface area contributed by atoms with E-state index < -0.39 is 0 Å². The van der Waals surface area contributed by atoms with Crippen molar-refractivity contribution >= 4 is 29.9 Å². The largest absolute Gasteiger partial charge is 0.378 e. The molecule has 3 N–H and O–H groups in total. The molecule has 0 bridgehead atoms. The van der Waals surface area contributed by atoms with Gasteiger partial charge in [-0.3, -0.25) is 9.98 Å². The van der Waals surface area contributed by atoms with Crippen LogP contribution in [-0.2, 0) is 11.2 Å². The van der Waals surface area contributed by atoms with E-state index in [0.29, 0.717) is 12.1 Å². The van der Waals surface area contributed by atoms with E-state index in [4.69, 9.17) is 10.5 Å². The highest BCUT2D eigenvalue weighted by molar-refractivity contribution is 14.0. The van der Waals surface area contributed by atoms with E-state index in [1.165, 1.54) is 12.8 Å². The number of guanidine groups is 1. The summed E-state index contributed by atoms with van der Waals surface area (Å²) < 4.78 is 5.66. The highest BCUT2D eigenvalue weighted by atomic mass is 127. The van der Waals surface area contributed by atoms with E-state index in [2.05, 4.69) is 15.3 Å². The van der Waals surface area contributed by atoms with E-state index >= 15 is 0 Å². The first-order valence-electron chi connectivity index (χ1n) is 7.40. The Morgan fingerprint density at radius 3 is 3.05 bits per heavy atom. The molecule has 0 saturated carbocycles. The summed E-state index contributed by atoms with van der Waals surface area (Å²) in [5.41, 5.74) is 6.89. The van der Waals surface area contributed by atoms with Crippen LogP contribution in [0.15, 0.2) is 29.4 Å². The Bertz CT molecular complexity index is 407. The average molecular weight is 404 g/mol. The highest BCUT2D eigenvalue weighted by Gasteiger charge is 2.12. The van der Waals surface area contributed by atoms with Crippen LogP contribution in [-0.4, -0.2) is 36.7 Å². The zero-order chi connectivity index (χ0) is 14.0. The Morgan fingerprint density at radius 1 is 1.43 bits per heavy atom. The Hall–Kier alpha value is -0.890. The topological polar surface area (TPSA) is 72.5 Å². The number of aliphatic imine (C=N–C) groups is 1. The lowest BCUT2D eigenvalue weighted by atomic mass is 10.1. The number of aromatic nitrogens is 1. The van der Waals surface area contributed by atoms with Gasteiger partial charge >= 0.3 is 0 Å². The summed E-state index contributed by atoms with van der Waals surface area (Å²) in [6, 6.07) is 5.92. The van der Waals surface area contributed by atoms with Crippen LogP contribution in [0.1, 0.15) is 31.4 Å². The van der Waals surface area contributed by atoms with Gasteiger partial charge in [0.05, 0.1) is 6.10 Å². The van der Waals surface area contributed by atoms with Gasteiger partial charge < -0.3 is 15.8 Å². The molecule has 0 amide bonds. The number of hydrogen-bond acceptors (Lipinski definition) is 3. The fourth-order valence-corrected chi connectivity index (χ4v) is 2.28. The molecule has 5 nitrogen and oxygen atoms in total. The normalized spacial score (nSPS) is 18.9. The minimum absolute atomic E-state index is 0. The van der Waals surface area contributed by atoms with Gasteiger partial charge in [0, 0.05) is 38.0 Å². The van der Waals surface area contributed by atoms with E-state index in [0.717, 1.165) is 44.7 Å². The molecule has 2 heterocycles.